The van der Waals surface area contributed by atoms with Gasteiger partial charge in [-0.25, -0.2) is 0 Å². The van der Waals surface area contributed by atoms with Crippen molar-refractivity contribution in [2.45, 2.75) is 58.6 Å². The standard InChI is InChI=1S/C18H29NO2/c1-5-20-17(18(2,3)4)15(19)12-13-10-11-21-16-9-7-6-8-14(13)16/h6-9,13,15,17H,5,10-12,19H2,1-4H3. The molecule has 0 bridgehead atoms. The van der Waals surface area contributed by atoms with E-state index >= 15 is 0 Å². The molecule has 0 aliphatic carbocycles. The number of para-hydroxylation sites is 1. The Morgan fingerprint density at radius 1 is 1.33 bits per heavy atom. The Labute approximate surface area is 128 Å². The first-order chi connectivity index (χ1) is 9.93. The van der Waals surface area contributed by atoms with Crippen molar-refractivity contribution in [3.8, 4) is 5.75 Å². The number of hydrogen-bond acceptors (Lipinski definition) is 3. The second kappa shape index (κ2) is 6.80. The molecule has 0 aromatic heterocycles. The van der Waals surface area contributed by atoms with Crippen LogP contribution in [0.5, 0.6) is 5.75 Å². The van der Waals surface area contributed by atoms with E-state index in [-0.39, 0.29) is 17.6 Å². The fourth-order valence-electron chi connectivity index (χ4n) is 3.31. The van der Waals surface area contributed by atoms with Gasteiger partial charge in [0.05, 0.1) is 12.7 Å². The van der Waals surface area contributed by atoms with Gasteiger partial charge >= 0.3 is 0 Å². The smallest absolute Gasteiger partial charge is 0.122 e. The van der Waals surface area contributed by atoms with Crippen molar-refractivity contribution in [1.29, 1.82) is 0 Å². The molecule has 1 aliphatic heterocycles. The molecule has 3 heteroatoms. The van der Waals surface area contributed by atoms with E-state index in [1.165, 1.54) is 5.56 Å². The Hall–Kier alpha value is -1.06. The van der Waals surface area contributed by atoms with Gasteiger partial charge in [-0.15, -0.1) is 0 Å². The van der Waals surface area contributed by atoms with Gasteiger partial charge in [-0.3, -0.25) is 0 Å². The zero-order valence-electron chi connectivity index (χ0n) is 13.8. The molecular formula is C18H29NO2. The van der Waals surface area contributed by atoms with Crippen LogP contribution in [0.3, 0.4) is 0 Å². The highest BCUT2D eigenvalue weighted by Gasteiger charge is 2.33. The number of ether oxygens (including phenoxy) is 2. The maximum atomic E-state index is 6.51. The van der Waals surface area contributed by atoms with Crippen LogP contribution < -0.4 is 10.5 Å². The highest BCUT2D eigenvalue weighted by Crippen LogP contribution is 2.37. The Balaban J connectivity index is 2.10. The van der Waals surface area contributed by atoms with Gasteiger partial charge in [-0.1, -0.05) is 39.0 Å². The molecule has 0 radical (unpaired) electrons. The highest BCUT2D eigenvalue weighted by molar-refractivity contribution is 5.37. The normalized spacial score (nSPS) is 21.3. The van der Waals surface area contributed by atoms with Gasteiger partial charge in [-0.05, 0) is 42.7 Å². The van der Waals surface area contributed by atoms with E-state index < -0.39 is 0 Å². The van der Waals surface area contributed by atoms with Crippen molar-refractivity contribution in [2.75, 3.05) is 13.2 Å². The van der Waals surface area contributed by atoms with Crippen molar-refractivity contribution in [1.82, 2.24) is 0 Å². The van der Waals surface area contributed by atoms with Crippen LogP contribution in [0.4, 0.5) is 0 Å². The fourth-order valence-corrected chi connectivity index (χ4v) is 3.31. The minimum Gasteiger partial charge on any atom is -0.493 e. The predicted octanol–water partition coefficient (Wildman–Crippen LogP) is 3.72. The molecule has 0 amide bonds. The van der Waals surface area contributed by atoms with E-state index in [0.717, 1.165) is 25.2 Å². The van der Waals surface area contributed by atoms with Gasteiger partial charge in [-0.2, -0.15) is 0 Å². The van der Waals surface area contributed by atoms with Crippen LogP contribution in [0.25, 0.3) is 0 Å². The van der Waals surface area contributed by atoms with Gasteiger partial charge in [0.15, 0.2) is 0 Å². The molecule has 2 rings (SSSR count). The molecular weight excluding hydrogens is 262 g/mol. The van der Waals surface area contributed by atoms with Crippen LogP contribution in [0.1, 0.15) is 52.0 Å². The molecule has 118 valence electrons. The molecule has 3 unspecified atom stereocenters. The minimum atomic E-state index is 0.0427. The second-order valence-corrected chi connectivity index (χ2v) is 7.01. The van der Waals surface area contributed by atoms with E-state index in [0.29, 0.717) is 12.5 Å². The lowest BCUT2D eigenvalue weighted by Gasteiger charge is -2.37. The maximum Gasteiger partial charge on any atom is 0.122 e. The van der Waals surface area contributed by atoms with E-state index in [1.807, 2.05) is 13.0 Å². The summed E-state index contributed by atoms with van der Waals surface area (Å²) < 4.78 is 11.7. The lowest BCUT2D eigenvalue weighted by Crippen LogP contribution is -2.46. The van der Waals surface area contributed by atoms with Crippen molar-refractivity contribution < 1.29 is 9.47 Å². The highest BCUT2D eigenvalue weighted by atomic mass is 16.5. The molecule has 0 saturated heterocycles. The lowest BCUT2D eigenvalue weighted by molar-refractivity contribution is -0.0308. The van der Waals surface area contributed by atoms with Crippen LogP contribution in [-0.4, -0.2) is 25.4 Å². The van der Waals surface area contributed by atoms with Crippen LogP contribution in [0.15, 0.2) is 24.3 Å². The fraction of sp³-hybridized carbons (Fsp3) is 0.667. The monoisotopic (exact) mass is 291 g/mol. The molecule has 3 nitrogen and oxygen atoms in total. The number of hydrogen-bond donors (Lipinski definition) is 1. The Morgan fingerprint density at radius 2 is 2.05 bits per heavy atom. The van der Waals surface area contributed by atoms with Gasteiger partial charge < -0.3 is 15.2 Å². The van der Waals surface area contributed by atoms with Crippen LogP contribution in [-0.2, 0) is 4.74 Å². The molecule has 1 aromatic carbocycles. The summed E-state index contributed by atoms with van der Waals surface area (Å²) in [5.41, 5.74) is 7.86. The summed E-state index contributed by atoms with van der Waals surface area (Å²) in [5, 5.41) is 0. The second-order valence-electron chi connectivity index (χ2n) is 7.01. The molecule has 21 heavy (non-hydrogen) atoms. The van der Waals surface area contributed by atoms with Gasteiger partial charge in [0, 0.05) is 12.6 Å². The zero-order valence-corrected chi connectivity index (χ0v) is 13.8. The van der Waals surface area contributed by atoms with Crippen LogP contribution in [0.2, 0.25) is 0 Å². The number of nitrogens with two attached hydrogens (primary N) is 1. The molecule has 3 atom stereocenters. The van der Waals surface area contributed by atoms with Crippen LogP contribution in [0, 0.1) is 5.41 Å². The van der Waals surface area contributed by atoms with E-state index in [9.17, 15) is 0 Å². The maximum absolute atomic E-state index is 6.51. The molecule has 1 aliphatic rings. The number of rotatable bonds is 5. The van der Waals surface area contributed by atoms with Crippen LogP contribution >= 0.6 is 0 Å². The van der Waals surface area contributed by atoms with Crippen molar-refractivity contribution in [3.05, 3.63) is 29.8 Å². The molecule has 2 N–H and O–H groups in total. The molecule has 1 aromatic rings. The first-order valence-corrected chi connectivity index (χ1v) is 8.02. The van der Waals surface area contributed by atoms with Crippen molar-refractivity contribution in [3.63, 3.8) is 0 Å². The summed E-state index contributed by atoms with van der Waals surface area (Å²) in [6, 6.07) is 8.37. The Kier molecular flexibility index (Phi) is 5.28. The Bertz CT molecular complexity index is 453. The predicted molar refractivity (Wildman–Crippen MR) is 86.8 cm³/mol. The lowest BCUT2D eigenvalue weighted by atomic mass is 9.79. The van der Waals surface area contributed by atoms with E-state index in [1.54, 1.807) is 0 Å². The van der Waals surface area contributed by atoms with Gasteiger partial charge in [0.1, 0.15) is 5.75 Å². The quantitative estimate of drug-likeness (QED) is 0.899. The molecule has 0 spiro atoms. The third kappa shape index (κ3) is 3.98. The average Bonchev–Trinajstić information content (AvgIpc) is 2.44. The summed E-state index contributed by atoms with van der Waals surface area (Å²) in [7, 11) is 0. The Morgan fingerprint density at radius 3 is 2.71 bits per heavy atom. The zero-order chi connectivity index (χ0) is 15.5. The molecule has 0 saturated carbocycles. The SMILES string of the molecule is CCOC(C(N)CC1CCOc2ccccc21)C(C)(C)C. The third-order valence-corrected chi connectivity index (χ3v) is 4.23. The number of benzene rings is 1. The average molecular weight is 291 g/mol. The van der Waals surface area contributed by atoms with E-state index in [2.05, 4.69) is 39.0 Å². The topological polar surface area (TPSA) is 44.5 Å². The minimum absolute atomic E-state index is 0.0427. The van der Waals surface area contributed by atoms with Gasteiger partial charge in [0.2, 0.25) is 0 Å². The molecule has 1 heterocycles. The largest absolute Gasteiger partial charge is 0.493 e. The molecule has 0 fully saturated rings. The summed E-state index contributed by atoms with van der Waals surface area (Å²) in [6.45, 7) is 10.1. The summed E-state index contributed by atoms with van der Waals surface area (Å²) >= 11 is 0. The third-order valence-electron chi connectivity index (χ3n) is 4.23. The number of fused-ring (bicyclic) bond motifs is 1. The van der Waals surface area contributed by atoms with Gasteiger partial charge in [0.25, 0.3) is 0 Å². The van der Waals surface area contributed by atoms with E-state index in [4.69, 9.17) is 15.2 Å². The van der Waals surface area contributed by atoms with Crippen molar-refractivity contribution in [2.24, 2.45) is 11.1 Å². The summed E-state index contributed by atoms with van der Waals surface area (Å²) in [6.07, 6.45) is 2.06. The summed E-state index contributed by atoms with van der Waals surface area (Å²) in [4.78, 5) is 0. The first kappa shape index (κ1) is 16.3. The first-order valence-electron chi connectivity index (χ1n) is 8.02. The summed E-state index contributed by atoms with van der Waals surface area (Å²) in [5.74, 6) is 1.49. The van der Waals surface area contributed by atoms with Crippen molar-refractivity contribution >= 4 is 0 Å².